The van der Waals surface area contributed by atoms with Gasteiger partial charge >= 0.3 is 0 Å². The number of carbonyl (C=O) groups excluding carboxylic acids is 1. The number of hydrogen-bond donors (Lipinski definition) is 2. The fraction of sp³-hybridized carbons (Fsp3) is 0.235. The summed E-state index contributed by atoms with van der Waals surface area (Å²) in [6.07, 6.45) is 0.601. The number of para-hydroxylation sites is 1. The summed E-state index contributed by atoms with van der Waals surface area (Å²) in [6, 6.07) is 11.9. The highest BCUT2D eigenvalue weighted by Gasteiger charge is 2.13. The Balaban J connectivity index is 2.07. The summed E-state index contributed by atoms with van der Waals surface area (Å²) in [5.74, 6) is 0.414. The number of aryl methyl sites for hydroxylation is 1. The maximum atomic E-state index is 12.2. The number of sulfonamides is 1. The van der Waals surface area contributed by atoms with Crippen LogP contribution in [-0.4, -0.2) is 28.0 Å². The number of nitrogens with one attached hydrogen (secondary N) is 1. The van der Waals surface area contributed by atoms with E-state index in [1.165, 1.54) is 12.1 Å². The van der Waals surface area contributed by atoms with Gasteiger partial charge in [0.25, 0.3) is 5.91 Å². The van der Waals surface area contributed by atoms with Gasteiger partial charge in [0, 0.05) is 12.1 Å². The van der Waals surface area contributed by atoms with E-state index in [0.29, 0.717) is 18.5 Å². The molecule has 0 aliphatic carbocycles. The van der Waals surface area contributed by atoms with Gasteiger partial charge < -0.3 is 10.1 Å². The molecule has 0 spiro atoms. The predicted octanol–water partition coefficient (Wildman–Crippen LogP) is 1.62. The van der Waals surface area contributed by atoms with E-state index in [0.717, 1.165) is 11.3 Å². The molecule has 0 heterocycles. The monoisotopic (exact) mass is 348 g/mol. The van der Waals surface area contributed by atoms with Crippen molar-refractivity contribution >= 4 is 15.9 Å². The standard InChI is InChI=1S/C17H20N2O4S/c1-12-9-14(11-15(10-12)24(18,21)22)17(20)19-8-7-13-5-3-4-6-16(13)23-2/h3-6,9-11H,7-8H2,1-2H3,(H,19,20)(H2,18,21,22). The smallest absolute Gasteiger partial charge is 0.251 e. The predicted molar refractivity (Wildman–Crippen MR) is 91.6 cm³/mol. The van der Waals surface area contributed by atoms with Crippen molar-refractivity contribution in [1.29, 1.82) is 0 Å². The number of benzene rings is 2. The Morgan fingerprint density at radius 1 is 1.21 bits per heavy atom. The third kappa shape index (κ3) is 4.56. The average molecular weight is 348 g/mol. The summed E-state index contributed by atoms with van der Waals surface area (Å²) < 4.78 is 28.2. The Morgan fingerprint density at radius 3 is 2.58 bits per heavy atom. The molecule has 2 rings (SSSR count). The summed E-state index contributed by atoms with van der Waals surface area (Å²) in [5, 5.41) is 7.90. The Morgan fingerprint density at radius 2 is 1.92 bits per heavy atom. The maximum absolute atomic E-state index is 12.2. The lowest BCUT2D eigenvalue weighted by atomic mass is 10.1. The van der Waals surface area contributed by atoms with Crippen LogP contribution in [-0.2, 0) is 16.4 Å². The summed E-state index contributed by atoms with van der Waals surface area (Å²) in [5.41, 5.74) is 1.89. The van der Waals surface area contributed by atoms with Crippen LogP contribution in [0, 0.1) is 6.92 Å². The number of methoxy groups -OCH3 is 1. The molecule has 0 fully saturated rings. The maximum Gasteiger partial charge on any atom is 0.251 e. The molecular formula is C17H20N2O4S. The first-order valence-corrected chi connectivity index (χ1v) is 8.90. The summed E-state index contributed by atoms with van der Waals surface area (Å²) in [4.78, 5) is 12.2. The van der Waals surface area contributed by atoms with E-state index in [1.54, 1.807) is 20.1 Å². The number of hydrogen-bond acceptors (Lipinski definition) is 4. The highest BCUT2D eigenvalue weighted by atomic mass is 32.2. The molecule has 0 aromatic heterocycles. The van der Waals surface area contributed by atoms with Crippen molar-refractivity contribution in [2.45, 2.75) is 18.2 Å². The van der Waals surface area contributed by atoms with E-state index >= 15 is 0 Å². The number of amides is 1. The zero-order valence-corrected chi connectivity index (χ0v) is 14.4. The molecule has 0 bridgehead atoms. The molecule has 2 aromatic carbocycles. The molecule has 24 heavy (non-hydrogen) atoms. The molecule has 0 unspecified atom stereocenters. The van der Waals surface area contributed by atoms with Crippen LogP contribution in [0.3, 0.4) is 0 Å². The second kappa shape index (κ2) is 7.46. The number of primary sulfonamides is 1. The van der Waals surface area contributed by atoms with E-state index in [2.05, 4.69) is 5.32 Å². The van der Waals surface area contributed by atoms with E-state index in [4.69, 9.17) is 9.88 Å². The fourth-order valence-corrected chi connectivity index (χ4v) is 3.01. The molecule has 6 nitrogen and oxygen atoms in total. The Hall–Kier alpha value is -2.38. The van der Waals surface area contributed by atoms with Gasteiger partial charge in [-0.25, -0.2) is 13.6 Å². The highest BCUT2D eigenvalue weighted by molar-refractivity contribution is 7.89. The average Bonchev–Trinajstić information content (AvgIpc) is 2.53. The van der Waals surface area contributed by atoms with Gasteiger partial charge in [-0.3, -0.25) is 4.79 Å². The molecule has 1 amide bonds. The number of carbonyl (C=O) groups is 1. The van der Waals surface area contributed by atoms with Gasteiger partial charge in [0.1, 0.15) is 5.75 Å². The first-order valence-electron chi connectivity index (χ1n) is 7.36. The SMILES string of the molecule is COc1ccccc1CCNC(=O)c1cc(C)cc(S(N)(=O)=O)c1. The topological polar surface area (TPSA) is 98.5 Å². The van der Waals surface area contributed by atoms with E-state index < -0.39 is 10.0 Å². The van der Waals surface area contributed by atoms with Crippen molar-refractivity contribution in [3.05, 3.63) is 59.2 Å². The van der Waals surface area contributed by atoms with Crippen LogP contribution in [0.1, 0.15) is 21.5 Å². The Bertz CT molecular complexity index is 847. The van der Waals surface area contributed by atoms with Gasteiger partial charge in [0.05, 0.1) is 12.0 Å². The third-order valence-corrected chi connectivity index (χ3v) is 4.41. The molecule has 0 aliphatic heterocycles. The summed E-state index contributed by atoms with van der Waals surface area (Å²) in [7, 11) is -2.25. The molecule has 7 heteroatoms. The van der Waals surface area contributed by atoms with Gasteiger partial charge in [0.2, 0.25) is 10.0 Å². The van der Waals surface area contributed by atoms with Gasteiger partial charge in [-0.15, -0.1) is 0 Å². The zero-order chi connectivity index (χ0) is 17.7. The van der Waals surface area contributed by atoms with Crippen LogP contribution in [0.25, 0.3) is 0 Å². The Labute approximate surface area is 141 Å². The lowest BCUT2D eigenvalue weighted by molar-refractivity contribution is 0.0953. The molecule has 0 saturated carbocycles. The zero-order valence-electron chi connectivity index (χ0n) is 13.6. The van der Waals surface area contributed by atoms with Crippen molar-refractivity contribution in [3.8, 4) is 5.75 Å². The van der Waals surface area contributed by atoms with Crippen LogP contribution >= 0.6 is 0 Å². The van der Waals surface area contributed by atoms with Gasteiger partial charge in [-0.2, -0.15) is 0 Å². The Kier molecular flexibility index (Phi) is 5.58. The van der Waals surface area contributed by atoms with Crippen molar-refractivity contribution in [1.82, 2.24) is 5.32 Å². The second-order valence-corrected chi connectivity index (χ2v) is 6.96. The van der Waals surface area contributed by atoms with Crippen LogP contribution in [0.4, 0.5) is 0 Å². The van der Waals surface area contributed by atoms with Crippen molar-refractivity contribution in [3.63, 3.8) is 0 Å². The van der Waals surface area contributed by atoms with Crippen molar-refractivity contribution < 1.29 is 17.9 Å². The first-order chi connectivity index (χ1) is 11.3. The molecular weight excluding hydrogens is 328 g/mol. The molecule has 2 aromatic rings. The molecule has 0 aliphatic rings. The van der Waals surface area contributed by atoms with E-state index in [1.807, 2.05) is 24.3 Å². The highest BCUT2D eigenvalue weighted by Crippen LogP contribution is 2.17. The van der Waals surface area contributed by atoms with Gasteiger partial charge in [0.15, 0.2) is 0 Å². The molecule has 0 atom stereocenters. The van der Waals surface area contributed by atoms with Gasteiger partial charge in [-0.1, -0.05) is 18.2 Å². The molecule has 0 radical (unpaired) electrons. The van der Waals surface area contributed by atoms with Gasteiger partial charge in [-0.05, 0) is 48.7 Å². The van der Waals surface area contributed by atoms with E-state index in [-0.39, 0.29) is 16.4 Å². The van der Waals surface area contributed by atoms with Crippen LogP contribution < -0.4 is 15.2 Å². The first kappa shape index (κ1) is 18.0. The number of rotatable bonds is 6. The third-order valence-electron chi connectivity index (χ3n) is 3.51. The lowest BCUT2D eigenvalue weighted by Gasteiger charge is -2.10. The largest absolute Gasteiger partial charge is 0.496 e. The minimum Gasteiger partial charge on any atom is -0.496 e. The quantitative estimate of drug-likeness (QED) is 0.829. The minimum atomic E-state index is -3.85. The number of nitrogens with two attached hydrogens (primary N) is 1. The van der Waals surface area contributed by atoms with Crippen LogP contribution in [0.2, 0.25) is 0 Å². The molecule has 128 valence electrons. The normalized spacial score (nSPS) is 11.1. The van der Waals surface area contributed by atoms with Crippen molar-refractivity contribution in [2.24, 2.45) is 5.14 Å². The molecule has 0 saturated heterocycles. The van der Waals surface area contributed by atoms with Crippen LogP contribution in [0.15, 0.2) is 47.4 Å². The number of ether oxygens (including phenoxy) is 1. The summed E-state index contributed by atoms with van der Waals surface area (Å²) in [6.45, 7) is 2.11. The fourth-order valence-electron chi connectivity index (χ4n) is 2.37. The van der Waals surface area contributed by atoms with Crippen molar-refractivity contribution in [2.75, 3.05) is 13.7 Å². The lowest BCUT2D eigenvalue weighted by Crippen LogP contribution is -2.26. The van der Waals surface area contributed by atoms with Crippen LogP contribution in [0.5, 0.6) is 5.75 Å². The minimum absolute atomic E-state index is 0.0719. The molecule has 3 N–H and O–H groups in total. The summed E-state index contributed by atoms with van der Waals surface area (Å²) >= 11 is 0. The second-order valence-electron chi connectivity index (χ2n) is 5.40. The van der Waals surface area contributed by atoms with E-state index in [9.17, 15) is 13.2 Å².